The summed E-state index contributed by atoms with van der Waals surface area (Å²) in [6.07, 6.45) is 0. The topological polar surface area (TPSA) is 93.1 Å². The lowest BCUT2D eigenvalue weighted by atomic mass is 10.1. The third-order valence-corrected chi connectivity index (χ3v) is 4.91. The summed E-state index contributed by atoms with van der Waals surface area (Å²) in [5.41, 5.74) is 2.28. The lowest BCUT2D eigenvalue weighted by molar-refractivity contribution is 0.411. The van der Waals surface area contributed by atoms with E-state index in [-0.39, 0.29) is 35.1 Å². The number of aromatic nitrogens is 2. The SMILES string of the molecule is Cc1ccccc1N1CC(O)=C(c2nc3ccc(Br)cc3c(=O)[nH]2)C1=N. The van der Waals surface area contributed by atoms with Crippen molar-refractivity contribution < 1.29 is 5.11 Å². The largest absolute Gasteiger partial charge is 0.509 e. The molecule has 0 fully saturated rings. The van der Waals surface area contributed by atoms with Crippen LogP contribution in [0.1, 0.15) is 11.4 Å². The molecule has 3 aromatic rings. The number of hydrogen-bond acceptors (Lipinski definition) is 4. The second-order valence-electron chi connectivity index (χ2n) is 6.12. The number of aliphatic hydroxyl groups is 1. The molecule has 6 nitrogen and oxygen atoms in total. The van der Waals surface area contributed by atoms with Gasteiger partial charge >= 0.3 is 0 Å². The molecule has 1 aliphatic rings. The normalized spacial score (nSPS) is 14.5. The van der Waals surface area contributed by atoms with Crippen LogP contribution in [0.5, 0.6) is 0 Å². The van der Waals surface area contributed by atoms with Crippen molar-refractivity contribution in [2.75, 3.05) is 11.4 Å². The Morgan fingerprint density at radius 3 is 2.81 bits per heavy atom. The van der Waals surface area contributed by atoms with E-state index in [1.165, 1.54) is 0 Å². The average Bonchev–Trinajstić information content (AvgIpc) is 2.90. The maximum absolute atomic E-state index is 12.4. The number of para-hydroxylation sites is 1. The number of amidine groups is 1. The van der Waals surface area contributed by atoms with Crippen molar-refractivity contribution in [2.24, 2.45) is 0 Å². The van der Waals surface area contributed by atoms with Crippen molar-refractivity contribution in [3.63, 3.8) is 0 Å². The van der Waals surface area contributed by atoms with E-state index in [2.05, 4.69) is 25.9 Å². The fourth-order valence-corrected chi connectivity index (χ4v) is 3.49. The van der Waals surface area contributed by atoms with E-state index in [1.807, 2.05) is 31.2 Å². The Hall–Kier alpha value is -2.93. The molecule has 3 N–H and O–H groups in total. The number of aliphatic hydroxyl groups excluding tert-OH is 1. The Balaban J connectivity index is 1.81. The van der Waals surface area contributed by atoms with Gasteiger partial charge in [0.05, 0.1) is 23.0 Å². The molecule has 130 valence electrons. The van der Waals surface area contributed by atoms with E-state index in [9.17, 15) is 9.90 Å². The second kappa shape index (κ2) is 6.10. The number of aryl methyl sites for hydroxylation is 1. The molecule has 0 atom stereocenters. The lowest BCUT2D eigenvalue weighted by Gasteiger charge is -2.20. The van der Waals surface area contributed by atoms with Crippen molar-refractivity contribution in [1.29, 1.82) is 5.41 Å². The van der Waals surface area contributed by atoms with Crippen LogP contribution in [-0.2, 0) is 0 Å². The predicted octanol–water partition coefficient (Wildman–Crippen LogP) is 3.76. The van der Waals surface area contributed by atoms with Crippen molar-refractivity contribution in [2.45, 2.75) is 6.92 Å². The van der Waals surface area contributed by atoms with E-state index >= 15 is 0 Å². The molecule has 4 rings (SSSR count). The van der Waals surface area contributed by atoms with Crippen LogP contribution in [0.4, 0.5) is 5.69 Å². The first-order valence-electron chi connectivity index (χ1n) is 8.00. The number of hydrogen-bond donors (Lipinski definition) is 3. The van der Waals surface area contributed by atoms with Gasteiger partial charge in [-0.3, -0.25) is 10.2 Å². The highest BCUT2D eigenvalue weighted by Gasteiger charge is 2.31. The molecule has 0 unspecified atom stereocenters. The second-order valence-corrected chi connectivity index (χ2v) is 7.03. The van der Waals surface area contributed by atoms with Crippen LogP contribution in [0.3, 0.4) is 0 Å². The predicted molar refractivity (Wildman–Crippen MR) is 106 cm³/mol. The van der Waals surface area contributed by atoms with Gasteiger partial charge in [-0.05, 0) is 36.8 Å². The number of benzene rings is 2. The number of anilines is 1. The number of rotatable bonds is 2. The monoisotopic (exact) mass is 410 g/mol. The molecule has 0 spiro atoms. The number of aromatic amines is 1. The smallest absolute Gasteiger partial charge is 0.259 e. The van der Waals surface area contributed by atoms with Crippen LogP contribution in [-0.4, -0.2) is 27.5 Å². The standard InChI is InChI=1S/C19H15BrN4O2/c1-10-4-2-3-5-14(10)24-9-15(25)16(17(24)21)18-22-13-7-6-11(20)8-12(13)19(26)23-18/h2-8,21,25H,9H2,1H3,(H,22,23,26). The highest BCUT2D eigenvalue weighted by molar-refractivity contribution is 9.10. The van der Waals surface area contributed by atoms with Gasteiger partial charge in [0.1, 0.15) is 17.4 Å². The van der Waals surface area contributed by atoms with Crippen LogP contribution in [0.2, 0.25) is 0 Å². The van der Waals surface area contributed by atoms with Crippen LogP contribution in [0.15, 0.2) is 57.5 Å². The zero-order valence-corrected chi connectivity index (χ0v) is 15.5. The van der Waals surface area contributed by atoms with E-state index in [0.29, 0.717) is 10.9 Å². The number of halogens is 1. The fourth-order valence-electron chi connectivity index (χ4n) is 3.13. The summed E-state index contributed by atoms with van der Waals surface area (Å²) in [4.78, 5) is 21.3. The molecule has 0 saturated heterocycles. The van der Waals surface area contributed by atoms with Gasteiger partial charge in [0.15, 0.2) is 0 Å². The summed E-state index contributed by atoms with van der Waals surface area (Å²) in [7, 11) is 0. The molecule has 1 aliphatic heterocycles. The van der Waals surface area contributed by atoms with E-state index in [0.717, 1.165) is 15.7 Å². The van der Waals surface area contributed by atoms with Crippen molar-refractivity contribution in [3.05, 3.63) is 74.4 Å². The van der Waals surface area contributed by atoms with Gasteiger partial charge in [0.25, 0.3) is 5.56 Å². The molecular weight excluding hydrogens is 396 g/mol. The van der Waals surface area contributed by atoms with Crippen LogP contribution < -0.4 is 10.5 Å². The molecule has 26 heavy (non-hydrogen) atoms. The molecular formula is C19H15BrN4O2. The number of nitrogens with zero attached hydrogens (tertiary/aromatic N) is 2. The lowest BCUT2D eigenvalue weighted by Crippen LogP contribution is -2.27. The van der Waals surface area contributed by atoms with Gasteiger partial charge in [-0.1, -0.05) is 34.1 Å². The Labute approximate surface area is 157 Å². The maximum atomic E-state index is 12.4. The third kappa shape index (κ3) is 2.61. The Kier molecular flexibility index (Phi) is 3.88. The van der Waals surface area contributed by atoms with Gasteiger partial charge in [-0.15, -0.1) is 0 Å². The van der Waals surface area contributed by atoms with Crippen molar-refractivity contribution >= 4 is 43.9 Å². The number of fused-ring (bicyclic) bond motifs is 1. The summed E-state index contributed by atoms with van der Waals surface area (Å²) in [6.45, 7) is 2.12. The highest BCUT2D eigenvalue weighted by atomic mass is 79.9. The number of nitrogens with one attached hydrogen (secondary N) is 2. The summed E-state index contributed by atoms with van der Waals surface area (Å²) in [5, 5.41) is 19.4. The summed E-state index contributed by atoms with van der Waals surface area (Å²) in [5.74, 6) is 0.317. The molecule has 2 heterocycles. The Morgan fingerprint density at radius 2 is 2.04 bits per heavy atom. The molecule has 7 heteroatoms. The van der Waals surface area contributed by atoms with Gasteiger partial charge < -0.3 is 15.0 Å². The molecule has 0 saturated carbocycles. The van der Waals surface area contributed by atoms with Gasteiger partial charge in [-0.25, -0.2) is 4.98 Å². The molecule has 1 aromatic heterocycles. The first-order valence-corrected chi connectivity index (χ1v) is 8.79. The first kappa shape index (κ1) is 16.5. The summed E-state index contributed by atoms with van der Waals surface area (Å²) >= 11 is 3.34. The van der Waals surface area contributed by atoms with E-state index < -0.39 is 0 Å². The quantitative estimate of drug-likeness (QED) is 0.599. The van der Waals surface area contributed by atoms with Crippen LogP contribution >= 0.6 is 15.9 Å². The van der Waals surface area contributed by atoms with Crippen molar-refractivity contribution in [1.82, 2.24) is 9.97 Å². The summed E-state index contributed by atoms with van der Waals surface area (Å²) < 4.78 is 0.784. The minimum absolute atomic E-state index is 0.0119. The van der Waals surface area contributed by atoms with E-state index in [1.54, 1.807) is 23.1 Å². The molecule has 0 aliphatic carbocycles. The fraction of sp³-hybridized carbons (Fsp3) is 0.105. The minimum Gasteiger partial charge on any atom is -0.509 e. The van der Waals surface area contributed by atoms with Gasteiger partial charge in [0, 0.05) is 10.2 Å². The van der Waals surface area contributed by atoms with Gasteiger partial charge in [-0.2, -0.15) is 0 Å². The first-order chi connectivity index (χ1) is 12.5. The van der Waals surface area contributed by atoms with Gasteiger partial charge in [0.2, 0.25) is 0 Å². The van der Waals surface area contributed by atoms with E-state index in [4.69, 9.17) is 5.41 Å². The zero-order valence-electron chi connectivity index (χ0n) is 13.9. The Morgan fingerprint density at radius 1 is 1.27 bits per heavy atom. The maximum Gasteiger partial charge on any atom is 0.259 e. The molecule has 0 radical (unpaired) electrons. The molecule has 2 aromatic carbocycles. The van der Waals surface area contributed by atoms with Crippen LogP contribution in [0.25, 0.3) is 16.5 Å². The zero-order chi connectivity index (χ0) is 18.4. The average molecular weight is 411 g/mol. The minimum atomic E-state index is -0.311. The highest BCUT2D eigenvalue weighted by Crippen LogP contribution is 2.31. The molecule has 0 amide bonds. The van der Waals surface area contributed by atoms with Crippen LogP contribution in [0, 0.1) is 12.3 Å². The summed E-state index contributed by atoms with van der Waals surface area (Å²) in [6, 6.07) is 12.9. The molecule has 0 bridgehead atoms. The third-order valence-electron chi connectivity index (χ3n) is 4.41. The Bertz CT molecular complexity index is 1150. The van der Waals surface area contributed by atoms with Crippen molar-refractivity contribution in [3.8, 4) is 0 Å². The number of H-pyrrole nitrogens is 1.